The van der Waals surface area contributed by atoms with Crippen LogP contribution in [0.4, 0.5) is 0 Å². The van der Waals surface area contributed by atoms with Crippen molar-refractivity contribution in [3.63, 3.8) is 0 Å². The smallest absolute Gasteiger partial charge is 0.341 e. The molecule has 1 N–H and O–H groups in total. The van der Waals surface area contributed by atoms with Crippen LogP contribution in [0.2, 0.25) is 0 Å². The Morgan fingerprint density at radius 2 is 2.08 bits per heavy atom. The average molecular weight is 168 g/mol. The van der Waals surface area contributed by atoms with Crippen molar-refractivity contribution in [1.82, 2.24) is 0 Å². The Bertz CT molecular complexity index is 282. The lowest BCUT2D eigenvalue weighted by atomic mass is 10.2. The van der Waals surface area contributed by atoms with Crippen molar-refractivity contribution >= 4 is 5.97 Å². The van der Waals surface area contributed by atoms with Gasteiger partial charge >= 0.3 is 5.97 Å². The van der Waals surface area contributed by atoms with E-state index in [1.54, 1.807) is 12.1 Å². The first-order chi connectivity index (χ1) is 5.79. The number of carbonyl (C=O) groups excluding carboxylic acids is 1. The van der Waals surface area contributed by atoms with Gasteiger partial charge in [-0.1, -0.05) is 12.1 Å². The summed E-state index contributed by atoms with van der Waals surface area (Å²) in [6.07, 6.45) is 0. The number of hydrogen-bond acceptors (Lipinski definition) is 4. The Hall–Kier alpha value is -1.55. The highest BCUT2D eigenvalue weighted by Crippen LogP contribution is 2.17. The summed E-state index contributed by atoms with van der Waals surface area (Å²) in [6, 6.07) is 6.25. The average Bonchev–Trinajstić information content (AvgIpc) is 2.16. The highest BCUT2D eigenvalue weighted by Gasteiger charge is 2.11. The molecule has 0 spiro atoms. The van der Waals surface area contributed by atoms with E-state index < -0.39 is 5.97 Å². The zero-order chi connectivity index (χ0) is 8.97. The van der Waals surface area contributed by atoms with Gasteiger partial charge in [0.15, 0.2) is 5.75 Å². The molecule has 0 saturated heterocycles. The Morgan fingerprint density at radius 1 is 1.42 bits per heavy atom. The number of para-hydroxylation sites is 1. The van der Waals surface area contributed by atoms with Gasteiger partial charge in [0.2, 0.25) is 0 Å². The SMILES string of the molecule is COC(=O)c1ccccc1OO. The molecule has 0 unspecified atom stereocenters. The number of esters is 1. The molecule has 0 aliphatic carbocycles. The van der Waals surface area contributed by atoms with E-state index in [9.17, 15) is 4.79 Å². The fourth-order valence-corrected chi connectivity index (χ4v) is 0.825. The van der Waals surface area contributed by atoms with Gasteiger partial charge in [0.25, 0.3) is 0 Å². The van der Waals surface area contributed by atoms with E-state index in [1.165, 1.54) is 19.2 Å². The summed E-state index contributed by atoms with van der Waals surface area (Å²) >= 11 is 0. The molecule has 0 aliphatic heterocycles. The summed E-state index contributed by atoms with van der Waals surface area (Å²) in [5.41, 5.74) is 0.197. The molecule has 0 bridgehead atoms. The number of hydrogen-bond donors (Lipinski definition) is 1. The predicted octanol–water partition coefficient (Wildman–Crippen LogP) is 1.32. The van der Waals surface area contributed by atoms with E-state index in [0.29, 0.717) is 0 Å². The zero-order valence-electron chi connectivity index (χ0n) is 6.48. The molecule has 4 heteroatoms. The summed E-state index contributed by atoms with van der Waals surface area (Å²) in [4.78, 5) is 14.9. The molecule has 0 fully saturated rings. The second kappa shape index (κ2) is 3.73. The Kier molecular flexibility index (Phi) is 2.66. The first-order valence-corrected chi connectivity index (χ1v) is 3.28. The van der Waals surface area contributed by atoms with E-state index in [4.69, 9.17) is 5.26 Å². The van der Waals surface area contributed by atoms with Crippen molar-refractivity contribution in [3.05, 3.63) is 29.8 Å². The van der Waals surface area contributed by atoms with Crippen LogP contribution in [0.15, 0.2) is 24.3 Å². The van der Waals surface area contributed by atoms with Crippen LogP contribution in [0.3, 0.4) is 0 Å². The van der Waals surface area contributed by atoms with Gasteiger partial charge in [-0.3, -0.25) is 0 Å². The van der Waals surface area contributed by atoms with E-state index >= 15 is 0 Å². The van der Waals surface area contributed by atoms with Crippen LogP contribution in [0.5, 0.6) is 5.75 Å². The van der Waals surface area contributed by atoms with Gasteiger partial charge in [0.05, 0.1) is 7.11 Å². The van der Waals surface area contributed by atoms with Crippen LogP contribution in [-0.4, -0.2) is 18.3 Å². The van der Waals surface area contributed by atoms with Crippen molar-refractivity contribution < 1.29 is 19.7 Å². The van der Waals surface area contributed by atoms with Crippen LogP contribution < -0.4 is 4.89 Å². The van der Waals surface area contributed by atoms with Crippen molar-refractivity contribution in [2.75, 3.05) is 7.11 Å². The molecule has 0 aromatic heterocycles. The second-order valence-corrected chi connectivity index (χ2v) is 2.08. The third-order valence-corrected chi connectivity index (χ3v) is 1.39. The van der Waals surface area contributed by atoms with Crippen LogP contribution in [0.1, 0.15) is 10.4 Å². The molecule has 0 amide bonds. The molecular weight excluding hydrogens is 160 g/mol. The van der Waals surface area contributed by atoms with Crippen molar-refractivity contribution in [2.24, 2.45) is 0 Å². The van der Waals surface area contributed by atoms with Gasteiger partial charge in [0, 0.05) is 0 Å². The highest BCUT2D eigenvalue weighted by atomic mass is 17.1. The van der Waals surface area contributed by atoms with E-state index in [2.05, 4.69) is 9.62 Å². The number of ether oxygens (including phenoxy) is 1. The largest absolute Gasteiger partial charge is 0.465 e. The number of benzene rings is 1. The molecular formula is C8H8O4. The third-order valence-electron chi connectivity index (χ3n) is 1.39. The second-order valence-electron chi connectivity index (χ2n) is 2.08. The fraction of sp³-hybridized carbons (Fsp3) is 0.125. The molecule has 1 rings (SSSR count). The zero-order valence-corrected chi connectivity index (χ0v) is 6.48. The normalized spacial score (nSPS) is 9.17. The third kappa shape index (κ3) is 1.54. The van der Waals surface area contributed by atoms with Gasteiger partial charge in [-0.05, 0) is 12.1 Å². The maximum atomic E-state index is 11.0. The van der Waals surface area contributed by atoms with Gasteiger partial charge in [0.1, 0.15) is 5.56 Å². The first-order valence-electron chi connectivity index (χ1n) is 3.28. The lowest BCUT2D eigenvalue weighted by Crippen LogP contribution is -2.03. The minimum atomic E-state index is -0.542. The molecule has 64 valence electrons. The number of carbonyl (C=O) groups is 1. The summed E-state index contributed by atoms with van der Waals surface area (Å²) in [7, 11) is 1.26. The van der Waals surface area contributed by atoms with Crippen molar-refractivity contribution in [1.29, 1.82) is 0 Å². The number of rotatable bonds is 2. The maximum absolute atomic E-state index is 11.0. The fourth-order valence-electron chi connectivity index (χ4n) is 0.825. The van der Waals surface area contributed by atoms with Gasteiger partial charge in [-0.15, -0.1) is 0 Å². The molecule has 4 nitrogen and oxygen atoms in total. The van der Waals surface area contributed by atoms with E-state index in [0.717, 1.165) is 0 Å². The van der Waals surface area contributed by atoms with E-state index in [1.807, 2.05) is 0 Å². The van der Waals surface area contributed by atoms with Crippen molar-refractivity contribution in [3.8, 4) is 5.75 Å². The molecule has 0 aliphatic rings. The van der Waals surface area contributed by atoms with E-state index in [-0.39, 0.29) is 11.3 Å². The highest BCUT2D eigenvalue weighted by molar-refractivity contribution is 5.92. The monoisotopic (exact) mass is 168 g/mol. The minimum Gasteiger partial charge on any atom is -0.465 e. The van der Waals surface area contributed by atoms with Gasteiger partial charge in [-0.25, -0.2) is 10.1 Å². The quantitative estimate of drug-likeness (QED) is 0.411. The maximum Gasteiger partial charge on any atom is 0.341 e. The summed E-state index contributed by atoms with van der Waals surface area (Å²) in [5, 5.41) is 8.36. The first kappa shape index (κ1) is 8.55. The molecule has 0 heterocycles. The molecule has 0 atom stereocenters. The van der Waals surface area contributed by atoms with Crippen LogP contribution in [-0.2, 0) is 4.74 Å². The lowest BCUT2D eigenvalue weighted by Gasteiger charge is -2.02. The Labute approximate surface area is 69.3 Å². The molecule has 12 heavy (non-hydrogen) atoms. The van der Waals surface area contributed by atoms with Gasteiger partial charge in [-0.2, -0.15) is 0 Å². The minimum absolute atomic E-state index is 0.0874. The van der Waals surface area contributed by atoms with Crippen LogP contribution in [0, 0.1) is 0 Å². The summed E-state index contributed by atoms with van der Waals surface area (Å²) in [6.45, 7) is 0. The Balaban J connectivity index is 3.04. The molecule has 1 aromatic rings. The van der Waals surface area contributed by atoms with Crippen LogP contribution >= 0.6 is 0 Å². The topological polar surface area (TPSA) is 55.8 Å². The van der Waals surface area contributed by atoms with Crippen LogP contribution in [0.25, 0.3) is 0 Å². The Morgan fingerprint density at radius 3 is 2.67 bits per heavy atom. The molecule has 0 radical (unpaired) electrons. The number of methoxy groups -OCH3 is 1. The molecule has 1 aromatic carbocycles. The molecule has 0 saturated carbocycles. The standard InChI is InChI=1S/C8H8O4/c1-11-8(9)6-4-2-3-5-7(6)12-10/h2-5,10H,1H3. The predicted molar refractivity (Wildman–Crippen MR) is 41.0 cm³/mol. The van der Waals surface area contributed by atoms with Gasteiger partial charge < -0.3 is 9.62 Å². The van der Waals surface area contributed by atoms with Crippen molar-refractivity contribution in [2.45, 2.75) is 0 Å². The summed E-state index contributed by atoms with van der Waals surface area (Å²) < 4.78 is 4.45. The lowest BCUT2D eigenvalue weighted by molar-refractivity contribution is -0.138. The summed E-state index contributed by atoms with van der Waals surface area (Å²) in [5.74, 6) is -0.455.